The molecule has 2 aliphatic rings. The summed E-state index contributed by atoms with van der Waals surface area (Å²) in [5.74, 6) is 2.44. The summed E-state index contributed by atoms with van der Waals surface area (Å²) >= 11 is 1.96. The minimum Gasteiger partial charge on any atom is -0.352 e. The van der Waals surface area contributed by atoms with Crippen LogP contribution in [0.15, 0.2) is 4.90 Å². The summed E-state index contributed by atoms with van der Waals surface area (Å²) in [6.07, 6.45) is 1.18. The predicted octanol–water partition coefficient (Wildman–Crippen LogP) is 0.478. The van der Waals surface area contributed by atoms with Crippen LogP contribution in [-0.2, 0) is 13.5 Å². The van der Waals surface area contributed by atoms with Gasteiger partial charge in [-0.25, -0.2) is 0 Å². The molecule has 0 amide bonds. The molecule has 0 aromatic carbocycles. The van der Waals surface area contributed by atoms with E-state index in [1.165, 1.54) is 28.6 Å². The highest BCUT2D eigenvalue weighted by atomic mass is 32.2. The third-order valence-corrected chi connectivity index (χ3v) is 4.22. The molecular formula is C10H16N4S. The number of thioether (sulfide) groups is 1. The van der Waals surface area contributed by atoms with Gasteiger partial charge in [-0.1, -0.05) is 0 Å². The van der Waals surface area contributed by atoms with Crippen molar-refractivity contribution in [2.75, 3.05) is 36.8 Å². The van der Waals surface area contributed by atoms with E-state index in [0.29, 0.717) is 0 Å². The van der Waals surface area contributed by atoms with Crippen LogP contribution >= 0.6 is 11.8 Å². The second-order valence-electron chi connectivity index (χ2n) is 4.06. The summed E-state index contributed by atoms with van der Waals surface area (Å²) in [6.45, 7) is 4.33. The number of nitrogens with zero attached hydrogens (tertiary/aromatic N) is 3. The standard InChI is InChI=1S/C10H16N4S/c1-13-8-2-7-15-9(8)10(12-13)14-5-3-11-4-6-14/h11H,2-7H2,1H3. The van der Waals surface area contributed by atoms with E-state index >= 15 is 0 Å². The Morgan fingerprint density at radius 1 is 1.33 bits per heavy atom. The lowest BCUT2D eigenvalue weighted by molar-refractivity contribution is 0.579. The van der Waals surface area contributed by atoms with Gasteiger partial charge in [0.2, 0.25) is 0 Å². The molecule has 1 saturated heterocycles. The smallest absolute Gasteiger partial charge is 0.164 e. The van der Waals surface area contributed by atoms with Crippen molar-refractivity contribution >= 4 is 17.6 Å². The summed E-state index contributed by atoms with van der Waals surface area (Å²) in [5, 5.41) is 8.03. The summed E-state index contributed by atoms with van der Waals surface area (Å²) in [4.78, 5) is 3.84. The molecule has 2 aliphatic heterocycles. The quantitative estimate of drug-likeness (QED) is 0.752. The van der Waals surface area contributed by atoms with Gasteiger partial charge in [-0.05, 0) is 6.42 Å². The number of anilines is 1. The van der Waals surface area contributed by atoms with Crippen LogP contribution in [0, 0.1) is 0 Å². The fraction of sp³-hybridized carbons (Fsp3) is 0.700. The van der Waals surface area contributed by atoms with Gasteiger partial charge in [-0.15, -0.1) is 11.8 Å². The van der Waals surface area contributed by atoms with Crippen molar-refractivity contribution in [3.63, 3.8) is 0 Å². The van der Waals surface area contributed by atoms with Gasteiger partial charge < -0.3 is 10.2 Å². The third kappa shape index (κ3) is 1.54. The first-order valence-electron chi connectivity index (χ1n) is 5.50. The molecule has 0 bridgehead atoms. The molecule has 0 radical (unpaired) electrons. The molecule has 4 nitrogen and oxygen atoms in total. The monoisotopic (exact) mass is 224 g/mol. The summed E-state index contributed by atoms with van der Waals surface area (Å²) in [5.41, 5.74) is 1.42. The molecule has 3 rings (SSSR count). The Morgan fingerprint density at radius 3 is 2.93 bits per heavy atom. The van der Waals surface area contributed by atoms with Crippen LogP contribution in [0.3, 0.4) is 0 Å². The number of aryl methyl sites for hydroxylation is 1. The molecule has 0 atom stereocenters. The van der Waals surface area contributed by atoms with Crippen molar-refractivity contribution in [1.29, 1.82) is 0 Å². The Morgan fingerprint density at radius 2 is 2.13 bits per heavy atom. The first-order chi connectivity index (χ1) is 7.36. The molecule has 0 aliphatic carbocycles. The Bertz CT molecular complexity index is 368. The van der Waals surface area contributed by atoms with E-state index in [9.17, 15) is 0 Å². The SMILES string of the molecule is Cn1nc(N2CCNCC2)c2c1CCS2. The topological polar surface area (TPSA) is 33.1 Å². The lowest BCUT2D eigenvalue weighted by Crippen LogP contribution is -2.43. The Hall–Kier alpha value is -0.680. The number of nitrogens with one attached hydrogen (secondary N) is 1. The van der Waals surface area contributed by atoms with Crippen LogP contribution in [0.5, 0.6) is 0 Å². The van der Waals surface area contributed by atoms with Crippen molar-refractivity contribution in [3.05, 3.63) is 5.69 Å². The maximum absolute atomic E-state index is 4.65. The second kappa shape index (κ2) is 3.72. The van der Waals surface area contributed by atoms with Gasteiger partial charge in [0.15, 0.2) is 5.82 Å². The van der Waals surface area contributed by atoms with Crippen LogP contribution in [-0.4, -0.2) is 41.7 Å². The van der Waals surface area contributed by atoms with Gasteiger partial charge in [0.25, 0.3) is 0 Å². The average Bonchev–Trinajstić information content (AvgIpc) is 2.84. The van der Waals surface area contributed by atoms with Crippen molar-refractivity contribution in [3.8, 4) is 0 Å². The van der Waals surface area contributed by atoms with E-state index in [1.807, 2.05) is 11.8 Å². The first kappa shape index (κ1) is 9.54. The van der Waals surface area contributed by atoms with Gasteiger partial charge in [-0.2, -0.15) is 5.10 Å². The minimum absolute atomic E-state index is 1.08. The van der Waals surface area contributed by atoms with Crippen molar-refractivity contribution in [1.82, 2.24) is 15.1 Å². The molecule has 1 fully saturated rings. The van der Waals surface area contributed by atoms with E-state index < -0.39 is 0 Å². The summed E-state index contributed by atoms with van der Waals surface area (Å²) in [6, 6.07) is 0. The Labute approximate surface area is 94.0 Å². The van der Waals surface area contributed by atoms with Gasteiger partial charge >= 0.3 is 0 Å². The molecule has 5 heteroatoms. The predicted molar refractivity (Wildman–Crippen MR) is 62.7 cm³/mol. The lowest BCUT2D eigenvalue weighted by atomic mass is 10.3. The third-order valence-electron chi connectivity index (χ3n) is 3.10. The molecule has 3 heterocycles. The van der Waals surface area contributed by atoms with Gasteiger partial charge in [0.05, 0.1) is 10.6 Å². The summed E-state index contributed by atoms with van der Waals surface area (Å²) in [7, 11) is 2.07. The molecule has 0 spiro atoms. The largest absolute Gasteiger partial charge is 0.352 e. The average molecular weight is 224 g/mol. The Balaban J connectivity index is 1.93. The zero-order valence-corrected chi connectivity index (χ0v) is 9.81. The van der Waals surface area contributed by atoms with Crippen molar-refractivity contribution < 1.29 is 0 Å². The zero-order chi connectivity index (χ0) is 10.3. The zero-order valence-electron chi connectivity index (χ0n) is 8.99. The maximum Gasteiger partial charge on any atom is 0.164 e. The van der Waals surface area contributed by atoms with Gasteiger partial charge in [0.1, 0.15) is 0 Å². The molecular weight excluding hydrogens is 208 g/mol. The molecule has 15 heavy (non-hydrogen) atoms. The van der Waals surface area contributed by atoms with Crippen LogP contribution in [0.4, 0.5) is 5.82 Å². The van der Waals surface area contributed by atoms with Crippen LogP contribution in [0.1, 0.15) is 5.69 Å². The normalized spacial score (nSPS) is 20.7. The highest BCUT2D eigenvalue weighted by molar-refractivity contribution is 7.99. The van der Waals surface area contributed by atoms with Crippen molar-refractivity contribution in [2.45, 2.75) is 11.3 Å². The number of hydrogen-bond donors (Lipinski definition) is 1. The van der Waals surface area contributed by atoms with E-state index in [-0.39, 0.29) is 0 Å². The molecule has 1 aromatic rings. The molecule has 0 unspecified atom stereocenters. The van der Waals surface area contributed by atoms with E-state index in [0.717, 1.165) is 26.2 Å². The molecule has 1 aromatic heterocycles. The van der Waals surface area contributed by atoms with E-state index in [1.54, 1.807) is 0 Å². The molecule has 82 valence electrons. The number of piperazine rings is 1. The van der Waals surface area contributed by atoms with Gasteiger partial charge in [-0.3, -0.25) is 4.68 Å². The fourth-order valence-corrected chi connectivity index (χ4v) is 3.48. The summed E-state index contributed by atoms with van der Waals surface area (Å²) < 4.78 is 2.06. The second-order valence-corrected chi connectivity index (χ2v) is 5.16. The highest BCUT2D eigenvalue weighted by Gasteiger charge is 2.25. The fourth-order valence-electron chi connectivity index (χ4n) is 2.28. The first-order valence-corrected chi connectivity index (χ1v) is 6.49. The molecule has 0 saturated carbocycles. The van der Waals surface area contributed by atoms with Crippen LogP contribution in [0.2, 0.25) is 0 Å². The maximum atomic E-state index is 4.65. The van der Waals surface area contributed by atoms with E-state index in [4.69, 9.17) is 0 Å². The minimum atomic E-state index is 1.08. The number of rotatable bonds is 1. The Kier molecular flexibility index (Phi) is 2.36. The highest BCUT2D eigenvalue weighted by Crippen LogP contribution is 2.38. The van der Waals surface area contributed by atoms with Crippen molar-refractivity contribution in [2.24, 2.45) is 7.05 Å². The van der Waals surface area contributed by atoms with E-state index in [2.05, 4.69) is 27.0 Å². The van der Waals surface area contributed by atoms with Crippen LogP contribution in [0.25, 0.3) is 0 Å². The van der Waals surface area contributed by atoms with Gasteiger partial charge in [0, 0.05) is 39.0 Å². The lowest BCUT2D eigenvalue weighted by Gasteiger charge is -2.27. The van der Waals surface area contributed by atoms with Crippen LogP contribution < -0.4 is 10.2 Å². The number of hydrogen-bond acceptors (Lipinski definition) is 4. The number of fused-ring (bicyclic) bond motifs is 1. The number of aromatic nitrogens is 2. The molecule has 1 N–H and O–H groups in total.